The normalized spacial score (nSPS) is 18.2. The zero-order valence-corrected chi connectivity index (χ0v) is 25.1. The summed E-state index contributed by atoms with van der Waals surface area (Å²) < 4.78 is 13.0. The zero-order valence-electron chi connectivity index (χ0n) is 24.3. The number of thioether (sulfide) groups is 1. The Kier molecular flexibility index (Phi) is 10.3. The highest BCUT2D eigenvalue weighted by molar-refractivity contribution is 7.99. The fraction of sp³-hybridized carbons (Fsp3) is 0.257. The van der Waals surface area contributed by atoms with Crippen molar-refractivity contribution in [3.05, 3.63) is 119 Å². The highest BCUT2D eigenvalue weighted by Gasteiger charge is 2.32. The maximum atomic E-state index is 11.5. The summed E-state index contributed by atoms with van der Waals surface area (Å²) in [6, 6.07) is 31.9. The van der Waals surface area contributed by atoms with Crippen LogP contribution in [0, 0.1) is 0 Å². The summed E-state index contributed by atoms with van der Waals surface area (Å²) >= 11 is 1.71. The predicted molar refractivity (Wildman–Crippen MR) is 169 cm³/mol. The van der Waals surface area contributed by atoms with E-state index in [4.69, 9.17) is 9.47 Å². The molecule has 0 spiro atoms. The summed E-state index contributed by atoms with van der Waals surface area (Å²) in [6.45, 7) is 3.48. The third-order valence-corrected chi connectivity index (χ3v) is 8.41. The summed E-state index contributed by atoms with van der Waals surface area (Å²) in [5.41, 5.74) is 6.76. The minimum absolute atomic E-state index is 0.00216. The third-order valence-electron chi connectivity index (χ3n) is 7.26. The molecule has 4 aromatic rings. The number of carbonyl (C=O) groups is 2. The van der Waals surface area contributed by atoms with Crippen LogP contribution < -0.4 is 10.6 Å². The molecule has 2 amide bonds. The molecule has 1 aliphatic heterocycles. The molecule has 0 bridgehead atoms. The molecule has 4 aromatic carbocycles. The number of hydrogen-bond donors (Lipinski definition) is 3. The van der Waals surface area contributed by atoms with Gasteiger partial charge in [-0.1, -0.05) is 72.8 Å². The Bertz CT molecular complexity index is 1520. The van der Waals surface area contributed by atoms with Gasteiger partial charge < -0.3 is 25.2 Å². The van der Waals surface area contributed by atoms with Crippen LogP contribution in [0.3, 0.4) is 0 Å². The molecule has 0 radical (unpaired) electrons. The van der Waals surface area contributed by atoms with Crippen LogP contribution in [0.1, 0.15) is 54.9 Å². The summed E-state index contributed by atoms with van der Waals surface area (Å²) in [4.78, 5) is 23.9. The first kappa shape index (κ1) is 30.5. The maximum Gasteiger partial charge on any atom is 0.221 e. The number of ether oxygens (including phenoxy) is 2. The molecule has 3 unspecified atom stereocenters. The lowest BCUT2D eigenvalue weighted by atomic mass is 9.98. The van der Waals surface area contributed by atoms with Gasteiger partial charge in [0.05, 0.1) is 18.8 Å². The molecule has 7 nitrogen and oxygen atoms in total. The van der Waals surface area contributed by atoms with Gasteiger partial charge >= 0.3 is 0 Å². The second-order valence-corrected chi connectivity index (χ2v) is 11.6. The molecule has 0 aromatic heterocycles. The lowest BCUT2D eigenvalue weighted by molar-refractivity contribution is -0.245. The monoisotopic (exact) mass is 596 g/mol. The van der Waals surface area contributed by atoms with Crippen molar-refractivity contribution in [1.29, 1.82) is 0 Å². The van der Waals surface area contributed by atoms with E-state index in [1.807, 2.05) is 78.9 Å². The number of benzene rings is 4. The van der Waals surface area contributed by atoms with Gasteiger partial charge in [0.1, 0.15) is 0 Å². The first-order valence-corrected chi connectivity index (χ1v) is 15.3. The summed E-state index contributed by atoms with van der Waals surface area (Å²) in [7, 11) is 0. The first-order chi connectivity index (χ1) is 20.9. The average Bonchev–Trinajstić information content (AvgIpc) is 3.03. The molecule has 5 rings (SSSR count). The van der Waals surface area contributed by atoms with Gasteiger partial charge in [-0.25, -0.2) is 0 Å². The first-order valence-electron chi connectivity index (χ1n) is 14.3. The summed E-state index contributed by atoms with van der Waals surface area (Å²) in [5, 5.41) is 15.2. The Hall–Kier alpha value is -3.95. The second kappa shape index (κ2) is 14.5. The van der Waals surface area contributed by atoms with Crippen LogP contribution in [0.5, 0.6) is 0 Å². The van der Waals surface area contributed by atoms with Gasteiger partial charge in [-0.15, -0.1) is 11.8 Å². The third kappa shape index (κ3) is 8.33. The Labute approximate surface area is 256 Å². The molecule has 222 valence electrons. The number of hydrogen-bond acceptors (Lipinski definition) is 6. The van der Waals surface area contributed by atoms with Crippen LogP contribution in [0.4, 0.5) is 5.69 Å². The SMILES string of the molecule is CC(=O)NCc1ccccc1-c1ccc(C2OC(CSc3ccc(NC(C)=O)cc3)CC(c3ccc(CO)cc3)O2)cc1. The number of anilines is 1. The second-order valence-electron chi connectivity index (χ2n) is 10.6. The van der Waals surface area contributed by atoms with Crippen LogP contribution in [-0.4, -0.2) is 28.8 Å². The van der Waals surface area contributed by atoms with Gasteiger partial charge in [0.2, 0.25) is 11.8 Å². The molecule has 0 aliphatic carbocycles. The summed E-state index contributed by atoms with van der Waals surface area (Å²) in [5.74, 6) is 0.577. The van der Waals surface area contributed by atoms with Gasteiger partial charge in [-0.3, -0.25) is 9.59 Å². The van der Waals surface area contributed by atoms with E-state index in [9.17, 15) is 14.7 Å². The minimum Gasteiger partial charge on any atom is -0.392 e. The topological polar surface area (TPSA) is 96.9 Å². The molecule has 1 heterocycles. The standard InChI is InChI=1S/C35H36N2O5S/c1-23(39)36-20-29-5-3-4-6-33(29)26-11-13-28(14-12-26)35-41-31(19-34(42-35)27-9-7-25(21-38)8-10-27)22-43-32-17-15-30(16-18-32)37-24(2)40/h3-18,31,34-35,38H,19-22H2,1-2H3,(H,36,39)(H,37,40). The van der Waals surface area contributed by atoms with Gasteiger partial charge in [-0.2, -0.15) is 0 Å². The zero-order chi connectivity index (χ0) is 30.2. The van der Waals surface area contributed by atoms with Crippen LogP contribution in [-0.2, 0) is 32.2 Å². The highest BCUT2D eigenvalue weighted by Crippen LogP contribution is 2.40. The van der Waals surface area contributed by atoms with E-state index < -0.39 is 6.29 Å². The largest absolute Gasteiger partial charge is 0.392 e. The maximum absolute atomic E-state index is 11.5. The average molecular weight is 597 g/mol. The molecule has 3 N–H and O–H groups in total. The number of amides is 2. The van der Waals surface area contributed by atoms with E-state index in [-0.39, 0.29) is 30.6 Å². The molecule has 1 aliphatic rings. The Balaban J connectivity index is 1.33. The minimum atomic E-state index is -0.548. The van der Waals surface area contributed by atoms with E-state index in [0.29, 0.717) is 13.0 Å². The van der Waals surface area contributed by atoms with Crippen molar-refractivity contribution in [2.24, 2.45) is 0 Å². The van der Waals surface area contributed by atoms with Gasteiger partial charge in [0.25, 0.3) is 0 Å². The summed E-state index contributed by atoms with van der Waals surface area (Å²) in [6.07, 6.45) is -0.0927. The number of aliphatic hydroxyl groups is 1. The lowest BCUT2D eigenvalue weighted by Gasteiger charge is -2.36. The molecule has 3 atom stereocenters. The lowest BCUT2D eigenvalue weighted by Crippen LogP contribution is -2.31. The van der Waals surface area contributed by atoms with E-state index >= 15 is 0 Å². The van der Waals surface area contributed by atoms with Crippen molar-refractivity contribution in [3.8, 4) is 11.1 Å². The van der Waals surface area contributed by atoms with Crippen LogP contribution in [0.15, 0.2) is 102 Å². The van der Waals surface area contributed by atoms with E-state index in [1.165, 1.54) is 13.8 Å². The van der Waals surface area contributed by atoms with Crippen molar-refractivity contribution < 1.29 is 24.2 Å². The van der Waals surface area contributed by atoms with E-state index in [0.717, 1.165) is 49.7 Å². The predicted octanol–water partition coefficient (Wildman–Crippen LogP) is 6.78. The number of nitrogens with one attached hydrogen (secondary N) is 2. The smallest absolute Gasteiger partial charge is 0.221 e. The Morgan fingerprint density at radius 1 is 0.837 bits per heavy atom. The van der Waals surface area contributed by atoms with Crippen molar-refractivity contribution in [2.45, 2.75) is 56.8 Å². The quantitative estimate of drug-likeness (QED) is 0.175. The molecular weight excluding hydrogens is 560 g/mol. The van der Waals surface area contributed by atoms with E-state index in [2.05, 4.69) is 28.8 Å². The van der Waals surface area contributed by atoms with Crippen molar-refractivity contribution >= 4 is 29.3 Å². The van der Waals surface area contributed by atoms with Crippen molar-refractivity contribution in [1.82, 2.24) is 5.32 Å². The van der Waals surface area contributed by atoms with Crippen LogP contribution >= 0.6 is 11.8 Å². The van der Waals surface area contributed by atoms with Gasteiger partial charge in [0, 0.05) is 48.7 Å². The number of carbonyl (C=O) groups excluding carboxylic acids is 2. The molecule has 43 heavy (non-hydrogen) atoms. The number of aliphatic hydroxyl groups excluding tert-OH is 1. The van der Waals surface area contributed by atoms with Crippen molar-refractivity contribution in [3.63, 3.8) is 0 Å². The molecular formula is C35H36N2O5S. The molecule has 8 heteroatoms. The van der Waals surface area contributed by atoms with Crippen molar-refractivity contribution in [2.75, 3.05) is 11.1 Å². The Morgan fingerprint density at radius 2 is 1.53 bits per heavy atom. The van der Waals surface area contributed by atoms with Crippen LogP contribution in [0.25, 0.3) is 11.1 Å². The van der Waals surface area contributed by atoms with Gasteiger partial charge in [-0.05, 0) is 52.1 Å². The van der Waals surface area contributed by atoms with E-state index in [1.54, 1.807) is 11.8 Å². The fourth-order valence-corrected chi connectivity index (χ4v) is 5.97. The molecule has 1 saturated heterocycles. The van der Waals surface area contributed by atoms with Gasteiger partial charge in [0.15, 0.2) is 6.29 Å². The Morgan fingerprint density at radius 3 is 2.21 bits per heavy atom. The number of rotatable bonds is 10. The fourth-order valence-electron chi connectivity index (χ4n) is 5.05. The highest BCUT2D eigenvalue weighted by atomic mass is 32.2. The van der Waals surface area contributed by atoms with Crippen LogP contribution in [0.2, 0.25) is 0 Å². The molecule has 1 fully saturated rings. The molecule has 0 saturated carbocycles.